The fourth-order valence-electron chi connectivity index (χ4n) is 3.23. The lowest BCUT2D eigenvalue weighted by atomic mass is 9.95. The molecule has 28 heavy (non-hydrogen) atoms. The van der Waals surface area contributed by atoms with E-state index in [1.807, 2.05) is 42.6 Å². The van der Waals surface area contributed by atoms with Crippen LogP contribution in [0.3, 0.4) is 0 Å². The van der Waals surface area contributed by atoms with Crippen molar-refractivity contribution in [2.75, 3.05) is 0 Å². The third kappa shape index (κ3) is 3.57. The summed E-state index contributed by atoms with van der Waals surface area (Å²) in [6.07, 6.45) is 3.62. The molecule has 0 fully saturated rings. The van der Waals surface area contributed by atoms with Crippen LogP contribution in [-0.2, 0) is 0 Å². The molecule has 0 aliphatic carbocycles. The first-order chi connectivity index (χ1) is 13.6. The summed E-state index contributed by atoms with van der Waals surface area (Å²) in [4.78, 5) is 26.6. The van der Waals surface area contributed by atoms with Crippen molar-refractivity contribution < 1.29 is 14.2 Å². The number of hydrogen-bond acceptors (Lipinski definition) is 2. The van der Waals surface area contributed by atoms with Gasteiger partial charge in [-0.1, -0.05) is 60.1 Å². The van der Waals surface area contributed by atoms with Gasteiger partial charge in [-0.3, -0.25) is 9.59 Å². The van der Waals surface area contributed by atoms with Crippen LogP contribution in [0.25, 0.3) is 10.8 Å². The molecule has 1 heterocycles. The Bertz CT molecular complexity index is 1150. The molecule has 0 amide bonds. The lowest BCUT2D eigenvalue weighted by Crippen LogP contribution is -2.48. The van der Waals surface area contributed by atoms with Gasteiger partial charge in [-0.2, -0.15) is 4.57 Å². The van der Waals surface area contributed by atoms with E-state index in [2.05, 4.69) is 0 Å². The average molecular weight is 387 g/mol. The average Bonchev–Trinajstić information content (AvgIpc) is 2.75. The molecule has 1 atom stereocenters. The molecule has 4 aromatic rings. The number of fused-ring (bicyclic) bond motifs is 1. The highest BCUT2D eigenvalue weighted by Gasteiger charge is 2.36. The van der Waals surface area contributed by atoms with Crippen LogP contribution in [0.2, 0.25) is 5.02 Å². The minimum absolute atomic E-state index is 0.249. The standard InChI is InChI=1S/C24H17ClNO2/c25-21-12-10-19(11-13-21)24(28)22(23(27)18-7-2-1-3-8-18)26-15-14-17-6-4-5-9-20(17)16-26/h1-16,22H/q+1/t22-/m0/s1. The molecule has 3 aromatic carbocycles. The third-order valence-electron chi connectivity index (χ3n) is 4.69. The molecule has 0 spiro atoms. The molecular formula is C24H17ClNO2+. The summed E-state index contributed by atoms with van der Waals surface area (Å²) in [6.45, 7) is 0. The van der Waals surface area contributed by atoms with Crippen LogP contribution < -0.4 is 4.57 Å². The fourth-order valence-corrected chi connectivity index (χ4v) is 3.36. The minimum atomic E-state index is -0.992. The van der Waals surface area contributed by atoms with Crippen LogP contribution in [0.4, 0.5) is 0 Å². The van der Waals surface area contributed by atoms with Crippen molar-refractivity contribution in [3.8, 4) is 0 Å². The van der Waals surface area contributed by atoms with E-state index >= 15 is 0 Å². The normalized spacial score (nSPS) is 11.9. The lowest BCUT2D eigenvalue weighted by molar-refractivity contribution is -0.692. The number of halogens is 1. The Morgan fingerprint density at radius 2 is 1.25 bits per heavy atom. The largest absolute Gasteiger partial charge is 0.286 e. The van der Waals surface area contributed by atoms with Gasteiger partial charge in [-0.05, 0) is 35.7 Å². The van der Waals surface area contributed by atoms with Gasteiger partial charge in [-0.15, -0.1) is 0 Å². The molecule has 0 bridgehead atoms. The molecule has 0 aliphatic rings. The van der Waals surface area contributed by atoms with Gasteiger partial charge in [0.25, 0.3) is 6.04 Å². The highest BCUT2D eigenvalue weighted by molar-refractivity contribution is 6.30. The second-order valence-electron chi connectivity index (χ2n) is 6.52. The van der Waals surface area contributed by atoms with E-state index in [1.54, 1.807) is 59.3 Å². The Balaban J connectivity index is 1.83. The predicted octanol–water partition coefficient (Wildman–Crippen LogP) is 5.09. The van der Waals surface area contributed by atoms with Gasteiger partial charge >= 0.3 is 0 Å². The Hall–Kier alpha value is -3.30. The molecule has 4 rings (SSSR count). The molecule has 0 saturated heterocycles. The second kappa shape index (κ2) is 7.75. The topological polar surface area (TPSA) is 38.0 Å². The second-order valence-corrected chi connectivity index (χ2v) is 6.96. The number of benzene rings is 3. The molecule has 136 valence electrons. The lowest BCUT2D eigenvalue weighted by Gasteiger charge is -2.12. The molecule has 0 saturated carbocycles. The summed E-state index contributed by atoms with van der Waals surface area (Å²) >= 11 is 5.95. The number of ketones is 2. The van der Waals surface area contributed by atoms with Crippen LogP contribution >= 0.6 is 11.6 Å². The van der Waals surface area contributed by atoms with Crippen LogP contribution in [0.1, 0.15) is 26.8 Å². The van der Waals surface area contributed by atoms with E-state index in [0.717, 1.165) is 10.8 Å². The first-order valence-corrected chi connectivity index (χ1v) is 9.30. The first kappa shape index (κ1) is 18.1. The van der Waals surface area contributed by atoms with Crippen molar-refractivity contribution in [2.45, 2.75) is 6.04 Å². The summed E-state index contributed by atoms with van der Waals surface area (Å²) in [5.41, 5.74) is 0.940. The van der Waals surface area contributed by atoms with Gasteiger partial charge in [0.05, 0.1) is 0 Å². The number of nitrogens with zero attached hydrogens (tertiary/aromatic N) is 1. The fraction of sp³-hybridized carbons (Fsp3) is 0.0417. The third-order valence-corrected chi connectivity index (χ3v) is 4.94. The van der Waals surface area contributed by atoms with Gasteiger partial charge in [0.15, 0.2) is 12.4 Å². The maximum Gasteiger partial charge on any atom is 0.283 e. The first-order valence-electron chi connectivity index (χ1n) is 8.92. The Morgan fingerprint density at radius 3 is 1.93 bits per heavy atom. The molecular weight excluding hydrogens is 370 g/mol. The van der Waals surface area contributed by atoms with Crippen molar-refractivity contribution >= 4 is 33.9 Å². The van der Waals surface area contributed by atoms with E-state index in [-0.39, 0.29) is 11.6 Å². The molecule has 1 aromatic heterocycles. The number of Topliss-reactive ketones (excluding diaryl/α,β-unsaturated/α-hetero) is 2. The van der Waals surface area contributed by atoms with Crippen molar-refractivity contribution in [2.24, 2.45) is 0 Å². The number of carbonyl (C=O) groups excluding carboxylic acids is 2. The Morgan fingerprint density at radius 1 is 0.679 bits per heavy atom. The highest BCUT2D eigenvalue weighted by Crippen LogP contribution is 2.19. The number of pyridine rings is 1. The zero-order valence-electron chi connectivity index (χ0n) is 15.0. The molecule has 3 nitrogen and oxygen atoms in total. The van der Waals surface area contributed by atoms with Crippen molar-refractivity contribution in [3.05, 3.63) is 113 Å². The van der Waals surface area contributed by atoms with E-state index < -0.39 is 6.04 Å². The van der Waals surface area contributed by atoms with E-state index in [1.165, 1.54) is 0 Å². The summed E-state index contributed by atoms with van der Waals surface area (Å²) < 4.78 is 1.69. The maximum atomic E-state index is 13.3. The summed E-state index contributed by atoms with van der Waals surface area (Å²) in [5.74, 6) is -0.522. The number of rotatable bonds is 5. The minimum Gasteiger partial charge on any atom is -0.286 e. The summed E-state index contributed by atoms with van der Waals surface area (Å²) in [6, 6.07) is 24.3. The molecule has 4 heteroatoms. The van der Waals surface area contributed by atoms with Crippen molar-refractivity contribution in [1.82, 2.24) is 0 Å². The molecule has 0 aliphatic heterocycles. The molecule has 0 unspecified atom stereocenters. The number of hydrogen-bond donors (Lipinski definition) is 0. The van der Waals surface area contributed by atoms with Gasteiger partial charge < -0.3 is 0 Å². The maximum absolute atomic E-state index is 13.3. The van der Waals surface area contributed by atoms with Crippen LogP contribution in [0.5, 0.6) is 0 Å². The summed E-state index contributed by atoms with van der Waals surface area (Å²) in [5, 5.41) is 2.55. The van der Waals surface area contributed by atoms with Crippen LogP contribution in [-0.4, -0.2) is 11.6 Å². The van der Waals surface area contributed by atoms with E-state index in [0.29, 0.717) is 16.1 Å². The summed E-state index contributed by atoms with van der Waals surface area (Å²) in [7, 11) is 0. The Labute approximate surface area is 167 Å². The molecule has 0 N–H and O–H groups in total. The zero-order valence-corrected chi connectivity index (χ0v) is 15.7. The quantitative estimate of drug-likeness (QED) is 0.272. The predicted molar refractivity (Wildman–Crippen MR) is 110 cm³/mol. The van der Waals surface area contributed by atoms with Gasteiger partial charge in [0, 0.05) is 27.6 Å². The zero-order chi connectivity index (χ0) is 19.5. The van der Waals surface area contributed by atoms with E-state index in [4.69, 9.17) is 11.6 Å². The van der Waals surface area contributed by atoms with Gasteiger partial charge in [0.2, 0.25) is 11.6 Å². The van der Waals surface area contributed by atoms with E-state index in [9.17, 15) is 9.59 Å². The highest BCUT2D eigenvalue weighted by atomic mass is 35.5. The number of aromatic nitrogens is 1. The Kier molecular flexibility index (Phi) is 5.00. The SMILES string of the molecule is O=C(c1ccccc1)[C@@H](C(=O)c1ccc(Cl)cc1)[n+]1ccc2ccccc2c1. The monoisotopic (exact) mass is 386 g/mol. The van der Waals surface area contributed by atoms with Gasteiger partial charge in [0.1, 0.15) is 0 Å². The van der Waals surface area contributed by atoms with Crippen LogP contribution in [0.15, 0.2) is 97.3 Å². The van der Waals surface area contributed by atoms with Crippen molar-refractivity contribution in [3.63, 3.8) is 0 Å². The van der Waals surface area contributed by atoms with Gasteiger partial charge in [-0.25, -0.2) is 0 Å². The van der Waals surface area contributed by atoms with Crippen molar-refractivity contribution in [1.29, 1.82) is 0 Å². The smallest absolute Gasteiger partial charge is 0.283 e. The number of carbonyl (C=O) groups is 2. The molecule has 0 radical (unpaired) electrons. The van der Waals surface area contributed by atoms with Crippen LogP contribution in [0, 0.1) is 0 Å².